The number of aliphatic hydroxyl groups excluding tert-OH is 1. The minimum absolute atomic E-state index is 0.111. The molecular weight excluding hydrogens is 148 g/mol. The van der Waals surface area contributed by atoms with Gasteiger partial charge in [0.25, 0.3) is 0 Å². The normalized spacial score (nSPS) is 12.7. The average Bonchev–Trinajstić information content (AvgIpc) is 2.04. The third-order valence-electron chi connectivity index (χ3n) is 2.05. The lowest BCUT2D eigenvalue weighted by Gasteiger charge is -2.20. The van der Waals surface area contributed by atoms with Crippen molar-refractivity contribution in [1.29, 1.82) is 0 Å². The highest BCUT2D eigenvalue weighted by Gasteiger charge is 2.14. The van der Waals surface area contributed by atoms with E-state index in [0.717, 1.165) is 19.3 Å². The van der Waals surface area contributed by atoms with E-state index < -0.39 is 0 Å². The Kier molecular flexibility index (Phi) is 6.09. The fraction of sp³-hybridized carbons (Fsp3) is 0.818. The predicted octanol–water partition coefficient (Wildman–Crippen LogP) is 3.14. The Morgan fingerprint density at radius 2 is 1.92 bits per heavy atom. The lowest BCUT2D eigenvalue weighted by Crippen LogP contribution is -2.15. The van der Waals surface area contributed by atoms with E-state index in [2.05, 4.69) is 32.9 Å². The molecular formula is C11H22O. The second kappa shape index (κ2) is 6.24. The van der Waals surface area contributed by atoms with Crippen molar-refractivity contribution in [3.05, 3.63) is 12.2 Å². The smallest absolute Gasteiger partial charge is 0.0482 e. The van der Waals surface area contributed by atoms with E-state index in [0.29, 0.717) is 6.61 Å². The van der Waals surface area contributed by atoms with Crippen LogP contribution in [0.4, 0.5) is 0 Å². The second-order valence-electron chi connectivity index (χ2n) is 4.09. The first kappa shape index (κ1) is 11.7. The lowest BCUT2D eigenvalue weighted by molar-refractivity contribution is 0.148. The number of rotatable bonds is 6. The first-order valence-corrected chi connectivity index (χ1v) is 4.88. The molecule has 1 heteroatoms. The summed E-state index contributed by atoms with van der Waals surface area (Å²) in [6, 6.07) is 0. The SMILES string of the molecule is CC/C=C/CCCC(C)(C)CO. The van der Waals surface area contributed by atoms with E-state index in [-0.39, 0.29) is 5.41 Å². The molecule has 12 heavy (non-hydrogen) atoms. The van der Waals surface area contributed by atoms with Crippen molar-refractivity contribution >= 4 is 0 Å². The van der Waals surface area contributed by atoms with Gasteiger partial charge in [-0.15, -0.1) is 0 Å². The van der Waals surface area contributed by atoms with Gasteiger partial charge in [-0.25, -0.2) is 0 Å². The van der Waals surface area contributed by atoms with Crippen LogP contribution in [0, 0.1) is 5.41 Å². The summed E-state index contributed by atoms with van der Waals surface area (Å²) in [5.41, 5.74) is 0.111. The molecule has 0 aromatic rings. The highest BCUT2D eigenvalue weighted by atomic mass is 16.3. The fourth-order valence-electron chi connectivity index (χ4n) is 1.06. The minimum atomic E-state index is 0.111. The van der Waals surface area contributed by atoms with E-state index in [1.165, 1.54) is 6.42 Å². The highest BCUT2D eigenvalue weighted by molar-refractivity contribution is 4.80. The Bertz CT molecular complexity index is 125. The van der Waals surface area contributed by atoms with E-state index in [1.54, 1.807) is 0 Å². The van der Waals surface area contributed by atoms with E-state index in [4.69, 9.17) is 5.11 Å². The van der Waals surface area contributed by atoms with E-state index in [1.807, 2.05) is 0 Å². The summed E-state index contributed by atoms with van der Waals surface area (Å²) in [6.07, 6.45) is 9.00. The van der Waals surface area contributed by atoms with Crippen molar-refractivity contribution in [2.24, 2.45) is 5.41 Å². The first-order chi connectivity index (χ1) is 5.62. The maximum atomic E-state index is 8.98. The summed E-state index contributed by atoms with van der Waals surface area (Å²) in [5, 5.41) is 8.98. The van der Waals surface area contributed by atoms with E-state index >= 15 is 0 Å². The molecule has 0 unspecified atom stereocenters. The molecule has 1 nitrogen and oxygen atoms in total. The van der Waals surface area contributed by atoms with Gasteiger partial charge in [0.15, 0.2) is 0 Å². The molecule has 0 aromatic carbocycles. The second-order valence-corrected chi connectivity index (χ2v) is 4.09. The van der Waals surface area contributed by atoms with Gasteiger partial charge in [0.2, 0.25) is 0 Å². The first-order valence-electron chi connectivity index (χ1n) is 4.88. The number of unbranched alkanes of at least 4 members (excludes halogenated alkanes) is 1. The van der Waals surface area contributed by atoms with Crippen LogP contribution in [0.15, 0.2) is 12.2 Å². The van der Waals surface area contributed by atoms with E-state index in [9.17, 15) is 0 Å². The van der Waals surface area contributed by atoms with Gasteiger partial charge in [0, 0.05) is 6.61 Å². The quantitative estimate of drug-likeness (QED) is 0.479. The summed E-state index contributed by atoms with van der Waals surface area (Å²) in [4.78, 5) is 0. The molecule has 0 aliphatic rings. The molecule has 0 atom stereocenters. The molecule has 0 bridgehead atoms. The number of hydrogen-bond acceptors (Lipinski definition) is 1. The molecule has 0 radical (unpaired) electrons. The Labute approximate surface area is 76.5 Å². The molecule has 1 N–H and O–H groups in total. The maximum Gasteiger partial charge on any atom is 0.0482 e. The maximum absolute atomic E-state index is 8.98. The lowest BCUT2D eigenvalue weighted by atomic mass is 9.88. The van der Waals surface area contributed by atoms with Gasteiger partial charge in [-0.1, -0.05) is 32.9 Å². The third-order valence-corrected chi connectivity index (χ3v) is 2.05. The zero-order valence-corrected chi connectivity index (χ0v) is 8.64. The van der Waals surface area contributed by atoms with Gasteiger partial charge in [-0.3, -0.25) is 0 Å². The molecule has 0 saturated heterocycles. The Balaban J connectivity index is 3.36. The molecule has 0 rings (SSSR count). The molecule has 0 spiro atoms. The molecule has 0 aromatic heterocycles. The van der Waals surface area contributed by atoms with Crippen LogP contribution in [0.2, 0.25) is 0 Å². The van der Waals surface area contributed by atoms with Crippen LogP contribution in [0.25, 0.3) is 0 Å². The molecule has 0 fully saturated rings. The van der Waals surface area contributed by atoms with Crippen molar-refractivity contribution < 1.29 is 5.11 Å². The van der Waals surface area contributed by atoms with Gasteiger partial charge in [-0.2, -0.15) is 0 Å². The molecule has 0 aliphatic carbocycles. The summed E-state index contributed by atoms with van der Waals surface area (Å²) in [7, 11) is 0. The highest BCUT2D eigenvalue weighted by Crippen LogP contribution is 2.21. The summed E-state index contributed by atoms with van der Waals surface area (Å²) in [6.45, 7) is 6.66. The molecule has 0 saturated carbocycles. The van der Waals surface area contributed by atoms with Gasteiger partial charge in [-0.05, 0) is 31.1 Å². The van der Waals surface area contributed by atoms with Gasteiger partial charge in [0.05, 0.1) is 0 Å². The molecule has 0 aliphatic heterocycles. The van der Waals surface area contributed by atoms with Crippen molar-refractivity contribution in [3.8, 4) is 0 Å². The molecule has 0 amide bonds. The minimum Gasteiger partial charge on any atom is -0.396 e. The van der Waals surface area contributed by atoms with Crippen LogP contribution in [0.1, 0.15) is 46.5 Å². The number of aliphatic hydroxyl groups is 1. The Morgan fingerprint density at radius 3 is 2.42 bits per heavy atom. The molecule has 72 valence electrons. The van der Waals surface area contributed by atoms with Crippen LogP contribution in [0.5, 0.6) is 0 Å². The summed E-state index contributed by atoms with van der Waals surface area (Å²) >= 11 is 0. The monoisotopic (exact) mass is 170 g/mol. The van der Waals surface area contributed by atoms with Gasteiger partial charge >= 0.3 is 0 Å². The number of hydrogen-bond donors (Lipinski definition) is 1. The van der Waals surface area contributed by atoms with Crippen molar-refractivity contribution in [2.45, 2.75) is 46.5 Å². The number of allylic oxidation sites excluding steroid dienone is 2. The Morgan fingerprint density at radius 1 is 1.25 bits per heavy atom. The fourth-order valence-corrected chi connectivity index (χ4v) is 1.06. The van der Waals surface area contributed by atoms with Crippen LogP contribution < -0.4 is 0 Å². The third kappa shape index (κ3) is 6.41. The molecule has 0 heterocycles. The van der Waals surface area contributed by atoms with Crippen LogP contribution in [-0.2, 0) is 0 Å². The van der Waals surface area contributed by atoms with Crippen LogP contribution >= 0.6 is 0 Å². The summed E-state index contributed by atoms with van der Waals surface area (Å²) < 4.78 is 0. The zero-order chi connectivity index (χ0) is 9.45. The standard InChI is InChI=1S/C11H22O/c1-4-5-6-7-8-9-11(2,3)10-12/h5-6,12H,4,7-10H2,1-3H3/b6-5+. The average molecular weight is 170 g/mol. The predicted molar refractivity (Wildman–Crippen MR) is 54.1 cm³/mol. The zero-order valence-electron chi connectivity index (χ0n) is 8.64. The topological polar surface area (TPSA) is 20.2 Å². The van der Waals surface area contributed by atoms with Gasteiger partial charge < -0.3 is 5.11 Å². The van der Waals surface area contributed by atoms with Crippen molar-refractivity contribution in [2.75, 3.05) is 6.61 Å². The van der Waals surface area contributed by atoms with Gasteiger partial charge in [0.1, 0.15) is 0 Å². The van der Waals surface area contributed by atoms with Crippen molar-refractivity contribution in [1.82, 2.24) is 0 Å². The van der Waals surface area contributed by atoms with Crippen LogP contribution in [0.3, 0.4) is 0 Å². The largest absolute Gasteiger partial charge is 0.396 e. The van der Waals surface area contributed by atoms with Crippen LogP contribution in [-0.4, -0.2) is 11.7 Å². The summed E-state index contributed by atoms with van der Waals surface area (Å²) in [5.74, 6) is 0. The Hall–Kier alpha value is -0.300. The van der Waals surface area contributed by atoms with Crippen molar-refractivity contribution in [3.63, 3.8) is 0 Å².